The molecule has 136 valence electrons. The van der Waals surface area contributed by atoms with Gasteiger partial charge in [0.2, 0.25) is 11.8 Å². The summed E-state index contributed by atoms with van der Waals surface area (Å²) >= 11 is 1.99. The van der Waals surface area contributed by atoms with E-state index in [0.717, 1.165) is 16.6 Å². The second-order valence-electron chi connectivity index (χ2n) is 6.96. The fourth-order valence-electron chi connectivity index (χ4n) is 3.59. The molecule has 3 rings (SSSR count). The van der Waals surface area contributed by atoms with Gasteiger partial charge in [0.15, 0.2) is 0 Å². The lowest BCUT2D eigenvalue weighted by Crippen LogP contribution is -2.34. The van der Waals surface area contributed by atoms with E-state index in [9.17, 15) is 9.59 Å². The fraction of sp³-hybridized carbons (Fsp3) is 0.632. The number of aromatic nitrogens is 1. The van der Waals surface area contributed by atoms with Crippen LogP contribution in [0.25, 0.3) is 0 Å². The second-order valence-corrected chi connectivity index (χ2v) is 8.37. The van der Waals surface area contributed by atoms with Gasteiger partial charge in [-0.25, -0.2) is 0 Å². The number of rotatable bonds is 7. The Morgan fingerprint density at radius 1 is 1.32 bits per heavy atom. The van der Waals surface area contributed by atoms with Crippen LogP contribution in [0.1, 0.15) is 44.1 Å². The molecule has 0 bridgehead atoms. The molecule has 25 heavy (non-hydrogen) atoms. The minimum Gasteiger partial charge on any atom is -0.355 e. The number of likely N-dealkylation sites (tertiary alicyclic amines) is 1. The second kappa shape index (κ2) is 9.22. The normalized spacial score (nSPS) is 21.5. The Morgan fingerprint density at radius 3 is 2.92 bits per heavy atom. The number of amides is 2. The van der Waals surface area contributed by atoms with Crippen LogP contribution in [0.4, 0.5) is 0 Å². The Hall–Kier alpha value is -1.56. The van der Waals surface area contributed by atoms with Crippen LogP contribution in [0, 0.1) is 5.92 Å². The molecule has 6 heteroatoms. The maximum atomic E-state index is 12.3. The standard InChI is InChI=1S/C19H27N3O2S/c23-18-11-16(14-22(18)13-15-5-4-8-20-12-15)19(24)21-9-10-25-17-6-2-1-3-7-17/h4-5,8,12,16-17H,1-3,6-7,9-11,13-14H2,(H,21,24)/t16-/m0/s1. The van der Waals surface area contributed by atoms with Crippen LogP contribution < -0.4 is 5.32 Å². The maximum Gasteiger partial charge on any atom is 0.225 e. The van der Waals surface area contributed by atoms with E-state index in [1.165, 1.54) is 32.1 Å². The SMILES string of the molecule is O=C(NCCSC1CCCCC1)[C@H]1CC(=O)N(Cc2cccnc2)C1. The Bertz CT molecular complexity index is 575. The highest BCUT2D eigenvalue weighted by molar-refractivity contribution is 7.99. The van der Waals surface area contributed by atoms with Gasteiger partial charge in [-0.15, -0.1) is 0 Å². The summed E-state index contributed by atoms with van der Waals surface area (Å²) in [5.41, 5.74) is 1.00. The van der Waals surface area contributed by atoms with Crippen LogP contribution in [0.2, 0.25) is 0 Å². The molecule has 1 atom stereocenters. The summed E-state index contributed by atoms with van der Waals surface area (Å²) in [7, 11) is 0. The number of hydrogen-bond acceptors (Lipinski definition) is 4. The summed E-state index contributed by atoms with van der Waals surface area (Å²) in [5, 5.41) is 3.79. The van der Waals surface area contributed by atoms with Gasteiger partial charge in [0.05, 0.1) is 5.92 Å². The molecule has 0 aromatic carbocycles. The van der Waals surface area contributed by atoms with Crippen LogP contribution >= 0.6 is 11.8 Å². The van der Waals surface area contributed by atoms with E-state index in [0.29, 0.717) is 26.1 Å². The lowest BCUT2D eigenvalue weighted by Gasteiger charge is -2.21. The number of thioether (sulfide) groups is 1. The largest absolute Gasteiger partial charge is 0.355 e. The molecule has 1 aliphatic heterocycles. The number of carbonyl (C=O) groups is 2. The lowest BCUT2D eigenvalue weighted by molar-refractivity contribution is -0.129. The van der Waals surface area contributed by atoms with E-state index >= 15 is 0 Å². The van der Waals surface area contributed by atoms with E-state index < -0.39 is 0 Å². The minimum atomic E-state index is -0.219. The van der Waals surface area contributed by atoms with E-state index in [1.807, 2.05) is 23.9 Å². The zero-order valence-electron chi connectivity index (χ0n) is 14.7. The highest BCUT2D eigenvalue weighted by Gasteiger charge is 2.34. The van der Waals surface area contributed by atoms with E-state index in [4.69, 9.17) is 0 Å². The first-order chi connectivity index (χ1) is 12.2. The van der Waals surface area contributed by atoms with E-state index in [2.05, 4.69) is 10.3 Å². The van der Waals surface area contributed by atoms with Crippen molar-refractivity contribution in [3.05, 3.63) is 30.1 Å². The van der Waals surface area contributed by atoms with Crippen LogP contribution in [-0.2, 0) is 16.1 Å². The van der Waals surface area contributed by atoms with Crippen molar-refractivity contribution >= 4 is 23.6 Å². The third kappa shape index (κ3) is 5.46. The summed E-state index contributed by atoms with van der Waals surface area (Å²) in [6, 6.07) is 3.82. The molecule has 5 nitrogen and oxygen atoms in total. The van der Waals surface area contributed by atoms with Gasteiger partial charge in [0.1, 0.15) is 0 Å². The molecule has 2 fully saturated rings. The molecule has 0 unspecified atom stereocenters. The minimum absolute atomic E-state index is 0.0197. The molecule has 1 aromatic heterocycles. The Kier molecular flexibility index (Phi) is 6.73. The van der Waals surface area contributed by atoms with Crippen LogP contribution in [0.15, 0.2) is 24.5 Å². The quantitative estimate of drug-likeness (QED) is 0.759. The topological polar surface area (TPSA) is 62.3 Å². The van der Waals surface area contributed by atoms with Gasteiger partial charge in [-0.3, -0.25) is 14.6 Å². The molecule has 2 heterocycles. The number of pyridine rings is 1. The van der Waals surface area contributed by atoms with Crippen molar-refractivity contribution in [2.75, 3.05) is 18.8 Å². The third-order valence-corrected chi connectivity index (χ3v) is 6.37. The first-order valence-electron chi connectivity index (χ1n) is 9.28. The maximum absolute atomic E-state index is 12.3. The Morgan fingerprint density at radius 2 is 2.16 bits per heavy atom. The Balaban J connectivity index is 1.37. The third-order valence-electron chi connectivity index (χ3n) is 4.99. The van der Waals surface area contributed by atoms with Gasteiger partial charge >= 0.3 is 0 Å². The van der Waals surface area contributed by atoms with Gasteiger partial charge in [-0.1, -0.05) is 25.3 Å². The molecular weight excluding hydrogens is 334 g/mol. The monoisotopic (exact) mass is 361 g/mol. The van der Waals surface area contributed by atoms with Crippen LogP contribution in [0.3, 0.4) is 0 Å². The number of nitrogens with one attached hydrogen (secondary N) is 1. The zero-order chi connectivity index (χ0) is 17.5. The summed E-state index contributed by atoms with van der Waals surface area (Å²) in [6.07, 6.45) is 10.5. The molecule has 1 N–H and O–H groups in total. The molecule has 2 aliphatic rings. The lowest BCUT2D eigenvalue weighted by atomic mass is 10.0. The molecule has 1 saturated heterocycles. The predicted molar refractivity (Wildman–Crippen MR) is 100 cm³/mol. The summed E-state index contributed by atoms with van der Waals surface area (Å²) in [4.78, 5) is 30.3. The van der Waals surface area contributed by atoms with E-state index in [-0.39, 0.29) is 17.7 Å². The fourth-order valence-corrected chi connectivity index (χ4v) is 4.81. The van der Waals surface area contributed by atoms with Crippen molar-refractivity contribution in [3.8, 4) is 0 Å². The summed E-state index contributed by atoms with van der Waals surface area (Å²) in [6.45, 7) is 1.75. The first kappa shape index (κ1) is 18.2. The number of nitrogens with zero attached hydrogens (tertiary/aromatic N) is 2. The average Bonchev–Trinajstić information content (AvgIpc) is 3.01. The summed E-state index contributed by atoms with van der Waals surface area (Å²) in [5.74, 6) is 0.826. The van der Waals surface area contributed by atoms with Crippen molar-refractivity contribution < 1.29 is 9.59 Å². The number of hydrogen-bond donors (Lipinski definition) is 1. The van der Waals surface area contributed by atoms with Gasteiger partial charge in [0, 0.05) is 49.5 Å². The predicted octanol–water partition coefficient (Wildman–Crippen LogP) is 2.61. The summed E-state index contributed by atoms with van der Waals surface area (Å²) < 4.78 is 0. The smallest absolute Gasteiger partial charge is 0.225 e. The molecule has 0 spiro atoms. The van der Waals surface area contributed by atoms with Gasteiger partial charge < -0.3 is 10.2 Å². The molecule has 1 saturated carbocycles. The first-order valence-corrected chi connectivity index (χ1v) is 10.3. The molecule has 1 aromatic rings. The highest BCUT2D eigenvalue weighted by atomic mass is 32.2. The van der Waals surface area contributed by atoms with Crippen molar-refractivity contribution in [2.24, 2.45) is 5.92 Å². The molecule has 0 radical (unpaired) electrons. The van der Waals surface area contributed by atoms with Crippen LogP contribution in [0.5, 0.6) is 0 Å². The average molecular weight is 362 g/mol. The molecule has 2 amide bonds. The van der Waals surface area contributed by atoms with Gasteiger partial charge in [0.25, 0.3) is 0 Å². The van der Waals surface area contributed by atoms with Crippen molar-refractivity contribution in [2.45, 2.75) is 50.3 Å². The number of carbonyl (C=O) groups excluding carboxylic acids is 2. The van der Waals surface area contributed by atoms with Crippen molar-refractivity contribution in [3.63, 3.8) is 0 Å². The van der Waals surface area contributed by atoms with E-state index in [1.54, 1.807) is 17.3 Å². The Labute approximate surface area is 154 Å². The molecular formula is C19H27N3O2S. The van der Waals surface area contributed by atoms with Crippen LogP contribution in [-0.4, -0.2) is 45.8 Å². The van der Waals surface area contributed by atoms with Crippen molar-refractivity contribution in [1.29, 1.82) is 0 Å². The highest BCUT2D eigenvalue weighted by Crippen LogP contribution is 2.27. The zero-order valence-corrected chi connectivity index (χ0v) is 15.5. The van der Waals surface area contributed by atoms with Gasteiger partial charge in [-0.2, -0.15) is 11.8 Å². The van der Waals surface area contributed by atoms with Crippen molar-refractivity contribution in [1.82, 2.24) is 15.2 Å². The molecule has 1 aliphatic carbocycles. The van der Waals surface area contributed by atoms with Gasteiger partial charge in [-0.05, 0) is 24.5 Å².